The van der Waals surface area contributed by atoms with Crippen LogP contribution in [0.3, 0.4) is 0 Å². The molecule has 2 nitrogen and oxygen atoms in total. The molecule has 0 radical (unpaired) electrons. The average Bonchev–Trinajstić information content (AvgIpc) is 2.69. The molecule has 1 fully saturated rings. The third kappa shape index (κ3) is 4.45. The van der Waals surface area contributed by atoms with Crippen molar-refractivity contribution in [1.82, 2.24) is 4.90 Å². The third-order valence-corrected chi connectivity index (χ3v) is 5.39. The van der Waals surface area contributed by atoms with Crippen LogP contribution in [0.5, 0.6) is 0 Å². The van der Waals surface area contributed by atoms with Crippen molar-refractivity contribution in [3.05, 3.63) is 21.3 Å². The molecule has 1 saturated carbocycles. The molecule has 0 spiro atoms. The highest BCUT2D eigenvalue weighted by Gasteiger charge is 2.33. The minimum atomic E-state index is 0.363. The molecule has 4 heteroatoms. The summed E-state index contributed by atoms with van der Waals surface area (Å²) < 4.78 is 0.874. The highest BCUT2D eigenvalue weighted by molar-refractivity contribution is 7.16. The van der Waals surface area contributed by atoms with Crippen LogP contribution >= 0.6 is 22.9 Å². The minimum Gasteiger partial charge on any atom is -0.327 e. The van der Waals surface area contributed by atoms with Crippen molar-refractivity contribution in [2.24, 2.45) is 17.1 Å². The Morgan fingerprint density at radius 1 is 1.47 bits per heavy atom. The molecule has 1 aromatic heterocycles. The maximum atomic E-state index is 6.30. The van der Waals surface area contributed by atoms with E-state index in [4.69, 9.17) is 17.3 Å². The molecule has 2 atom stereocenters. The van der Waals surface area contributed by atoms with Gasteiger partial charge in [0.25, 0.3) is 0 Å². The Bertz CT molecular complexity index is 416. The van der Waals surface area contributed by atoms with Gasteiger partial charge >= 0.3 is 0 Å². The summed E-state index contributed by atoms with van der Waals surface area (Å²) in [7, 11) is 2.18. The SMILES string of the molecule is CN(Cc1ccc(Cl)s1)CC1CC(C)(C)CCC1N. The summed E-state index contributed by atoms with van der Waals surface area (Å²) in [5.41, 5.74) is 6.75. The van der Waals surface area contributed by atoms with Crippen LogP contribution in [-0.2, 0) is 6.54 Å². The zero-order chi connectivity index (χ0) is 14.0. The monoisotopic (exact) mass is 300 g/mol. The van der Waals surface area contributed by atoms with Gasteiger partial charge in [0.05, 0.1) is 4.34 Å². The molecular weight excluding hydrogens is 276 g/mol. The van der Waals surface area contributed by atoms with E-state index >= 15 is 0 Å². The van der Waals surface area contributed by atoms with Gasteiger partial charge in [-0.2, -0.15) is 0 Å². The molecule has 2 unspecified atom stereocenters. The second-order valence-corrected chi connectivity index (χ2v) is 8.53. The van der Waals surface area contributed by atoms with Crippen LogP contribution < -0.4 is 5.73 Å². The molecule has 1 heterocycles. The number of hydrogen-bond acceptors (Lipinski definition) is 3. The Morgan fingerprint density at radius 2 is 2.21 bits per heavy atom. The van der Waals surface area contributed by atoms with Gasteiger partial charge in [-0.1, -0.05) is 25.4 Å². The molecule has 0 aliphatic heterocycles. The number of halogens is 1. The molecule has 0 bridgehead atoms. The van der Waals surface area contributed by atoms with Crippen LogP contribution in [0.25, 0.3) is 0 Å². The van der Waals surface area contributed by atoms with E-state index in [1.165, 1.54) is 17.7 Å². The van der Waals surface area contributed by atoms with Crippen molar-refractivity contribution in [2.75, 3.05) is 13.6 Å². The first-order valence-corrected chi connectivity index (χ1v) is 8.23. The van der Waals surface area contributed by atoms with Gasteiger partial charge < -0.3 is 10.6 Å². The summed E-state index contributed by atoms with van der Waals surface area (Å²) >= 11 is 7.65. The van der Waals surface area contributed by atoms with Crippen molar-refractivity contribution >= 4 is 22.9 Å². The van der Waals surface area contributed by atoms with Gasteiger partial charge in [-0.15, -0.1) is 11.3 Å². The molecule has 19 heavy (non-hydrogen) atoms. The highest BCUT2D eigenvalue weighted by atomic mass is 35.5. The fraction of sp³-hybridized carbons (Fsp3) is 0.733. The van der Waals surface area contributed by atoms with Crippen LogP contribution in [-0.4, -0.2) is 24.5 Å². The lowest BCUT2D eigenvalue weighted by Gasteiger charge is -2.40. The summed E-state index contributed by atoms with van der Waals surface area (Å²) in [5.74, 6) is 0.615. The van der Waals surface area contributed by atoms with Gasteiger partial charge in [-0.05, 0) is 49.8 Å². The fourth-order valence-corrected chi connectivity index (χ4v) is 4.29. The Kier molecular flexibility index (Phi) is 4.93. The molecule has 0 amide bonds. The standard InChI is InChI=1S/C15H25ClN2S/c1-15(2)7-6-13(17)11(8-15)9-18(3)10-12-4-5-14(16)19-12/h4-5,11,13H,6-10,17H2,1-3H3. The molecule has 2 N–H and O–H groups in total. The summed E-state index contributed by atoms with van der Waals surface area (Å²) in [5, 5.41) is 0. The normalized spacial score (nSPS) is 26.8. The van der Waals surface area contributed by atoms with Crippen molar-refractivity contribution in [3.8, 4) is 0 Å². The van der Waals surface area contributed by atoms with E-state index < -0.39 is 0 Å². The van der Waals surface area contributed by atoms with Crippen LogP contribution in [0, 0.1) is 11.3 Å². The zero-order valence-corrected chi connectivity index (χ0v) is 13.7. The number of rotatable bonds is 4. The van der Waals surface area contributed by atoms with Crippen molar-refractivity contribution in [1.29, 1.82) is 0 Å². The molecule has 1 aliphatic rings. The molecule has 0 aromatic carbocycles. The first-order valence-electron chi connectivity index (χ1n) is 7.04. The van der Waals surface area contributed by atoms with Crippen LogP contribution in [0.15, 0.2) is 12.1 Å². The van der Waals surface area contributed by atoms with Crippen LogP contribution in [0.2, 0.25) is 4.34 Å². The number of nitrogens with zero attached hydrogens (tertiary/aromatic N) is 1. The zero-order valence-electron chi connectivity index (χ0n) is 12.2. The van der Waals surface area contributed by atoms with E-state index in [2.05, 4.69) is 31.9 Å². The minimum absolute atomic E-state index is 0.363. The number of thiophene rings is 1. The van der Waals surface area contributed by atoms with E-state index in [9.17, 15) is 0 Å². The molecule has 2 rings (SSSR count). The largest absolute Gasteiger partial charge is 0.327 e. The maximum absolute atomic E-state index is 6.30. The van der Waals surface area contributed by atoms with E-state index in [1.807, 2.05) is 6.07 Å². The predicted octanol–water partition coefficient (Wildman–Crippen LogP) is 3.99. The van der Waals surface area contributed by atoms with Gasteiger partial charge in [0.1, 0.15) is 0 Å². The Balaban J connectivity index is 1.88. The molecular formula is C15H25ClN2S. The van der Waals surface area contributed by atoms with E-state index in [-0.39, 0.29) is 0 Å². The Hall–Kier alpha value is -0.0900. The first-order chi connectivity index (χ1) is 8.85. The summed E-state index contributed by atoms with van der Waals surface area (Å²) in [6.07, 6.45) is 3.66. The van der Waals surface area contributed by atoms with E-state index in [0.29, 0.717) is 17.4 Å². The quantitative estimate of drug-likeness (QED) is 0.911. The lowest BCUT2D eigenvalue weighted by molar-refractivity contribution is 0.123. The average molecular weight is 301 g/mol. The number of hydrogen-bond donors (Lipinski definition) is 1. The van der Waals surface area contributed by atoms with Gasteiger partial charge in [0, 0.05) is 24.0 Å². The summed E-state index contributed by atoms with van der Waals surface area (Å²) in [6.45, 7) is 6.79. The van der Waals surface area contributed by atoms with Crippen LogP contribution in [0.4, 0.5) is 0 Å². The van der Waals surface area contributed by atoms with Gasteiger partial charge in [-0.25, -0.2) is 0 Å². The number of nitrogens with two attached hydrogens (primary N) is 1. The predicted molar refractivity (Wildman–Crippen MR) is 84.8 cm³/mol. The molecule has 1 aliphatic carbocycles. The lowest BCUT2D eigenvalue weighted by atomic mass is 9.70. The van der Waals surface area contributed by atoms with Gasteiger partial charge in [0.15, 0.2) is 0 Å². The third-order valence-electron chi connectivity index (χ3n) is 4.18. The maximum Gasteiger partial charge on any atom is 0.0931 e. The van der Waals surface area contributed by atoms with Crippen molar-refractivity contribution < 1.29 is 0 Å². The Morgan fingerprint density at radius 3 is 2.84 bits per heavy atom. The van der Waals surface area contributed by atoms with Crippen LogP contribution in [0.1, 0.15) is 38.0 Å². The molecule has 1 aromatic rings. The second-order valence-electron chi connectivity index (χ2n) is 6.73. The second kappa shape index (κ2) is 6.13. The highest BCUT2D eigenvalue weighted by Crippen LogP contribution is 2.38. The van der Waals surface area contributed by atoms with E-state index in [1.54, 1.807) is 11.3 Å². The molecule has 108 valence electrons. The lowest BCUT2D eigenvalue weighted by Crippen LogP contribution is -2.44. The smallest absolute Gasteiger partial charge is 0.0931 e. The summed E-state index contributed by atoms with van der Waals surface area (Å²) in [6, 6.07) is 4.46. The van der Waals surface area contributed by atoms with Gasteiger partial charge in [-0.3, -0.25) is 0 Å². The topological polar surface area (TPSA) is 29.3 Å². The van der Waals surface area contributed by atoms with Crippen molar-refractivity contribution in [2.45, 2.75) is 45.7 Å². The molecule has 0 saturated heterocycles. The summed E-state index contributed by atoms with van der Waals surface area (Å²) in [4.78, 5) is 3.71. The van der Waals surface area contributed by atoms with Gasteiger partial charge in [0.2, 0.25) is 0 Å². The Labute approximate surface area is 125 Å². The first kappa shape index (κ1) is 15.3. The van der Waals surface area contributed by atoms with E-state index in [0.717, 1.165) is 23.8 Å². The fourth-order valence-electron chi connectivity index (χ4n) is 3.12. The van der Waals surface area contributed by atoms with Crippen molar-refractivity contribution in [3.63, 3.8) is 0 Å².